The van der Waals surface area contributed by atoms with Gasteiger partial charge in [0, 0.05) is 36.5 Å². The molecule has 1 saturated carbocycles. The van der Waals surface area contributed by atoms with E-state index in [0.717, 1.165) is 51.7 Å². The molecular formula is C29H39N3O3S. The number of hydrogen-bond donors (Lipinski definition) is 1. The minimum atomic E-state index is -3.22. The maximum Gasteiger partial charge on any atom is 0.211 e. The molecule has 2 fully saturated rings. The predicted octanol–water partition coefficient (Wildman–Crippen LogP) is 4.82. The van der Waals surface area contributed by atoms with E-state index in [2.05, 4.69) is 35.6 Å². The third-order valence-electron chi connectivity index (χ3n) is 9.41. The molecule has 2 aliphatic carbocycles. The number of benzene rings is 1. The lowest BCUT2D eigenvalue weighted by molar-refractivity contribution is -0.104. The number of rotatable bonds is 6. The lowest BCUT2D eigenvalue weighted by Gasteiger charge is -2.47. The summed E-state index contributed by atoms with van der Waals surface area (Å²) in [6, 6.07) is 13.1. The van der Waals surface area contributed by atoms with E-state index < -0.39 is 10.0 Å². The normalized spacial score (nSPS) is 29.8. The molecule has 0 amide bonds. The summed E-state index contributed by atoms with van der Waals surface area (Å²) < 4.78 is 33.2. The molecule has 194 valence electrons. The van der Waals surface area contributed by atoms with Gasteiger partial charge in [0.2, 0.25) is 10.0 Å². The van der Waals surface area contributed by atoms with Crippen LogP contribution in [0.4, 0.5) is 0 Å². The molecule has 2 aliphatic heterocycles. The molecule has 1 spiro atoms. The van der Waals surface area contributed by atoms with Gasteiger partial charge in [0.1, 0.15) is 0 Å². The SMILES string of the molecule is CS(=O)(=O)N1CCc2cccc3c2C1CCC3NCC[C@@]1(c2ccccn2)CCOC2(CCCC2)C1. The van der Waals surface area contributed by atoms with Gasteiger partial charge in [-0.1, -0.05) is 37.1 Å². The Bertz CT molecular complexity index is 1200. The third-order valence-corrected chi connectivity index (χ3v) is 10.7. The fourth-order valence-electron chi connectivity index (χ4n) is 7.75. The van der Waals surface area contributed by atoms with Crippen molar-refractivity contribution in [1.29, 1.82) is 0 Å². The van der Waals surface area contributed by atoms with Crippen molar-refractivity contribution < 1.29 is 13.2 Å². The van der Waals surface area contributed by atoms with Crippen LogP contribution in [0.15, 0.2) is 42.6 Å². The molecular weight excluding hydrogens is 470 g/mol. The summed E-state index contributed by atoms with van der Waals surface area (Å²) in [6.07, 6.45) is 13.9. The highest BCUT2D eigenvalue weighted by Gasteiger charge is 2.48. The summed E-state index contributed by atoms with van der Waals surface area (Å²) in [6.45, 7) is 2.32. The standard InChI is InChI=1S/C29H39N3O3S/c1-36(33,34)32-19-12-22-7-6-8-23-24(10-11-25(32)27(22)23)30-18-15-28(26-9-2-5-17-31-26)16-20-35-29(21-28)13-3-4-14-29/h2,5-9,17,24-25,30H,3-4,10-16,18-21H2,1H3/t24?,25?,28-/m1/s1. The number of nitrogens with one attached hydrogen (secondary N) is 1. The monoisotopic (exact) mass is 509 g/mol. The highest BCUT2D eigenvalue weighted by atomic mass is 32.2. The molecule has 0 bridgehead atoms. The Labute approximate surface area is 215 Å². The van der Waals surface area contributed by atoms with Crippen LogP contribution in [0, 0.1) is 0 Å². The fraction of sp³-hybridized carbons (Fsp3) is 0.621. The van der Waals surface area contributed by atoms with Crippen LogP contribution in [-0.4, -0.2) is 49.3 Å². The number of aromatic nitrogens is 1. The van der Waals surface area contributed by atoms with E-state index in [1.165, 1.54) is 54.3 Å². The first-order valence-corrected chi connectivity index (χ1v) is 15.6. The Hall–Kier alpha value is -1.80. The zero-order valence-electron chi connectivity index (χ0n) is 21.4. The van der Waals surface area contributed by atoms with Crippen LogP contribution < -0.4 is 5.32 Å². The van der Waals surface area contributed by atoms with Gasteiger partial charge in [0.25, 0.3) is 0 Å². The van der Waals surface area contributed by atoms with Crippen LogP contribution in [0.5, 0.6) is 0 Å². The van der Waals surface area contributed by atoms with Gasteiger partial charge in [-0.2, -0.15) is 4.31 Å². The molecule has 1 saturated heterocycles. The average Bonchev–Trinajstić information content (AvgIpc) is 3.32. The molecule has 1 N–H and O–H groups in total. The van der Waals surface area contributed by atoms with Crippen LogP contribution >= 0.6 is 0 Å². The molecule has 6 rings (SSSR count). The molecule has 6 nitrogen and oxygen atoms in total. The minimum Gasteiger partial charge on any atom is -0.375 e. The first-order chi connectivity index (χ1) is 17.4. The summed E-state index contributed by atoms with van der Waals surface area (Å²) >= 11 is 0. The first kappa shape index (κ1) is 24.5. The highest BCUT2D eigenvalue weighted by molar-refractivity contribution is 7.88. The van der Waals surface area contributed by atoms with Crippen molar-refractivity contribution in [3.05, 3.63) is 65.0 Å². The van der Waals surface area contributed by atoms with E-state index in [1.807, 2.05) is 12.3 Å². The van der Waals surface area contributed by atoms with Crippen molar-refractivity contribution in [3.8, 4) is 0 Å². The summed E-state index contributed by atoms with van der Waals surface area (Å²) in [5.74, 6) is 0. The number of hydrogen-bond acceptors (Lipinski definition) is 5. The molecule has 1 aromatic heterocycles. The number of sulfonamides is 1. The summed E-state index contributed by atoms with van der Waals surface area (Å²) in [4.78, 5) is 4.86. The maximum absolute atomic E-state index is 12.5. The van der Waals surface area contributed by atoms with E-state index in [4.69, 9.17) is 9.72 Å². The molecule has 0 radical (unpaired) electrons. The van der Waals surface area contributed by atoms with Gasteiger partial charge >= 0.3 is 0 Å². The van der Waals surface area contributed by atoms with E-state index in [9.17, 15) is 8.42 Å². The zero-order valence-corrected chi connectivity index (χ0v) is 22.2. The van der Waals surface area contributed by atoms with Crippen molar-refractivity contribution in [2.45, 2.75) is 87.3 Å². The Kier molecular flexibility index (Phi) is 6.47. The number of pyridine rings is 1. The van der Waals surface area contributed by atoms with Crippen LogP contribution in [0.25, 0.3) is 0 Å². The smallest absolute Gasteiger partial charge is 0.211 e. The van der Waals surface area contributed by atoms with Gasteiger partial charge in [-0.15, -0.1) is 0 Å². The second kappa shape index (κ2) is 9.50. The summed E-state index contributed by atoms with van der Waals surface area (Å²) in [7, 11) is -3.22. The number of ether oxygens (including phenoxy) is 1. The van der Waals surface area contributed by atoms with Gasteiger partial charge in [0.05, 0.1) is 17.9 Å². The maximum atomic E-state index is 12.5. The van der Waals surface area contributed by atoms with Crippen molar-refractivity contribution in [1.82, 2.24) is 14.6 Å². The molecule has 2 aromatic rings. The summed E-state index contributed by atoms with van der Waals surface area (Å²) in [5, 5.41) is 3.91. The Balaban J connectivity index is 1.23. The molecule has 3 heterocycles. The molecule has 2 unspecified atom stereocenters. The first-order valence-electron chi connectivity index (χ1n) is 13.8. The Morgan fingerprint density at radius 3 is 2.75 bits per heavy atom. The number of nitrogens with zero attached hydrogens (tertiary/aromatic N) is 2. The van der Waals surface area contributed by atoms with Crippen molar-refractivity contribution in [2.75, 3.05) is 26.0 Å². The zero-order chi connectivity index (χ0) is 24.8. The lowest BCUT2D eigenvalue weighted by Crippen LogP contribution is -2.48. The van der Waals surface area contributed by atoms with E-state index in [0.29, 0.717) is 6.54 Å². The average molecular weight is 510 g/mol. The van der Waals surface area contributed by atoms with Gasteiger partial charge in [-0.05, 0) is 86.7 Å². The lowest BCUT2D eigenvalue weighted by atomic mass is 9.68. The molecule has 3 atom stereocenters. The van der Waals surface area contributed by atoms with Gasteiger partial charge in [0.15, 0.2) is 0 Å². The second-order valence-electron chi connectivity index (χ2n) is 11.6. The van der Waals surface area contributed by atoms with E-state index in [-0.39, 0.29) is 23.1 Å². The largest absolute Gasteiger partial charge is 0.375 e. The second-order valence-corrected chi connectivity index (χ2v) is 13.5. The molecule has 1 aromatic carbocycles. The van der Waals surface area contributed by atoms with Gasteiger partial charge in [-0.3, -0.25) is 4.98 Å². The molecule has 4 aliphatic rings. The quantitative estimate of drug-likeness (QED) is 0.605. The Morgan fingerprint density at radius 2 is 1.97 bits per heavy atom. The van der Waals surface area contributed by atoms with Gasteiger partial charge in [-0.25, -0.2) is 8.42 Å². The molecule has 36 heavy (non-hydrogen) atoms. The minimum absolute atomic E-state index is 0.0180. The van der Waals surface area contributed by atoms with E-state index >= 15 is 0 Å². The topological polar surface area (TPSA) is 71.5 Å². The molecule has 7 heteroatoms. The van der Waals surface area contributed by atoms with Crippen LogP contribution in [0.1, 0.15) is 92.3 Å². The predicted molar refractivity (Wildman–Crippen MR) is 141 cm³/mol. The van der Waals surface area contributed by atoms with Crippen LogP contribution in [0.3, 0.4) is 0 Å². The highest BCUT2D eigenvalue weighted by Crippen LogP contribution is 2.50. The van der Waals surface area contributed by atoms with Gasteiger partial charge < -0.3 is 10.1 Å². The van der Waals surface area contributed by atoms with Crippen LogP contribution in [-0.2, 0) is 26.6 Å². The summed E-state index contributed by atoms with van der Waals surface area (Å²) in [5.41, 5.74) is 5.16. The fourth-order valence-corrected chi connectivity index (χ4v) is 8.85. The van der Waals surface area contributed by atoms with Crippen LogP contribution in [0.2, 0.25) is 0 Å². The van der Waals surface area contributed by atoms with Crippen molar-refractivity contribution in [3.63, 3.8) is 0 Å². The van der Waals surface area contributed by atoms with Crippen molar-refractivity contribution in [2.24, 2.45) is 0 Å². The Morgan fingerprint density at radius 1 is 1.11 bits per heavy atom. The van der Waals surface area contributed by atoms with E-state index in [1.54, 1.807) is 4.31 Å². The third kappa shape index (κ3) is 4.42. The van der Waals surface area contributed by atoms with Crippen molar-refractivity contribution >= 4 is 10.0 Å².